The summed E-state index contributed by atoms with van der Waals surface area (Å²) in [5.41, 5.74) is 2.85. The van der Waals surface area contributed by atoms with Crippen molar-refractivity contribution in [3.63, 3.8) is 0 Å². The topological polar surface area (TPSA) is 93.3 Å². The van der Waals surface area contributed by atoms with E-state index in [9.17, 15) is 14.9 Å². The zero-order valence-corrected chi connectivity index (χ0v) is 18.3. The lowest BCUT2D eigenvalue weighted by Gasteiger charge is -2.04. The van der Waals surface area contributed by atoms with Gasteiger partial charge in [0.15, 0.2) is 0 Å². The first-order valence-corrected chi connectivity index (χ1v) is 10.3. The van der Waals surface area contributed by atoms with Crippen molar-refractivity contribution in [2.45, 2.75) is 6.92 Å². The van der Waals surface area contributed by atoms with Crippen LogP contribution in [0.4, 0.5) is 11.4 Å². The zero-order valence-electron chi connectivity index (χ0n) is 16.8. The van der Waals surface area contributed by atoms with Gasteiger partial charge in [-0.3, -0.25) is 25.0 Å². The number of nitro benzene ring substituents is 1. The number of non-ortho nitro benzene ring substituents is 1. The molecule has 0 spiro atoms. The second kappa shape index (κ2) is 8.82. The molecular formula is C23H16Cl2N4O3. The first-order chi connectivity index (χ1) is 15.3. The molecule has 7 nitrogen and oxygen atoms in total. The number of nitrogens with zero attached hydrogens (tertiary/aromatic N) is 3. The Kier molecular flexibility index (Phi) is 5.94. The van der Waals surface area contributed by atoms with Gasteiger partial charge in [0.05, 0.1) is 43.3 Å². The molecule has 1 aromatic heterocycles. The standard InChI is InChI=1S/C23H16Cl2N4O3/c1-14(26-16-7-12-19(24)20(25)13-16)21-22(15-5-3-2-4-6-15)27-28(23(21)30)17-8-10-18(11-9-17)29(31)32/h2-13,27H,1H3. The molecule has 160 valence electrons. The molecule has 32 heavy (non-hydrogen) atoms. The Morgan fingerprint density at radius 3 is 2.31 bits per heavy atom. The maximum Gasteiger partial charge on any atom is 0.280 e. The summed E-state index contributed by atoms with van der Waals surface area (Å²) in [6.45, 7) is 1.74. The van der Waals surface area contributed by atoms with E-state index in [1.807, 2.05) is 30.3 Å². The first kappa shape index (κ1) is 21.5. The van der Waals surface area contributed by atoms with E-state index >= 15 is 0 Å². The van der Waals surface area contributed by atoms with Crippen molar-refractivity contribution in [3.8, 4) is 16.9 Å². The van der Waals surface area contributed by atoms with E-state index in [1.54, 1.807) is 25.1 Å². The third kappa shape index (κ3) is 4.21. The van der Waals surface area contributed by atoms with Crippen LogP contribution in [0, 0.1) is 10.1 Å². The fraction of sp³-hybridized carbons (Fsp3) is 0.0435. The Hall–Kier alpha value is -3.68. The maximum atomic E-state index is 13.4. The van der Waals surface area contributed by atoms with Gasteiger partial charge in [-0.05, 0) is 37.3 Å². The van der Waals surface area contributed by atoms with Gasteiger partial charge in [0.25, 0.3) is 11.2 Å². The third-order valence-electron chi connectivity index (χ3n) is 4.83. The van der Waals surface area contributed by atoms with Crippen LogP contribution in [0.2, 0.25) is 10.0 Å². The monoisotopic (exact) mass is 466 g/mol. The molecular weight excluding hydrogens is 451 g/mol. The van der Waals surface area contributed by atoms with Crippen LogP contribution < -0.4 is 5.56 Å². The quantitative estimate of drug-likeness (QED) is 0.216. The maximum absolute atomic E-state index is 13.4. The zero-order chi connectivity index (χ0) is 22.8. The van der Waals surface area contributed by atoms with Gasteiger partial charge in [0.1, 0.15) is 0 Å². The molecule has 0 saturated heterocycles. The predicted molar refractivity (Wildman–Crippen MR) is 127 cm³/mol. The van der Waals surface area contributed by atoms with E-state index in [0.717, 1.165) is 5.56 Å². The van der Waals surface area contributed by atoms with Crippen LogP contribution in [0.1, 0.15) is 12.5 Å². The highest BCUT2D eigenvalue weighted by molar-refractivity contribution is 6.42. The highest BCUT2D eigenvalue weighted by Crippen LogP contribution is 2.28. The molecule has 9 heteroatoms. The van der Waals surface area contributed by atoms with Gasteiger partial charge >= 0.3 is 0 Å². The van der Waals surface area contributed by atoms with Gasteiger partial charge in [0, 0.05) is 17.7 Å². The molecule has 3 aromatic carbocycles. The van der Waals surface area contributed by atoms with Gasteiger partial charge in [-0.2, -0.15) is 0 Å². The van der Waals surface area contributed by atoms with Crippen molar-refractivity contribution in [1.82, 2.24) is 9.78 Å². The number of aliphatic imine (C=N–C) groups is 1. The molecule has 0 fully saturated rings. The fourth-order valence-corrected chi connectivity index (χ4v) is 3.59. The van der Waals surface area contributed by atoms with E-state index in [-0.39, 0.29) is 11.2 Å². The van der Waals surface area contributed by atoms with Crippen LogP contribution in [0.15, 0.2) is 82.6 Å². The van der Waals surface area contributed by atoms with Crippen molar-refractivity contribution in [1.29, 1.82) is 0 Å². The number of halogens is 2. The smallest absolute Gasteiger partial charge is 0.280 e. The number of rotatable bonds is 5. The van der Waals surface area contributed by atoms with E-state index in [1.165, 1.54) is 28.9 Å². The Morgan fingerprint density at radius 2 is 1.69 bits per heavy atom. The molecule has 1 heterocycles. The lowest BCUT2D eigenvalue weighted by molar-refractivity contribution is -0.384. The summed E-state index contributed by atoms with van der Waals surface area (Å²) < 4.78 is 1.34. The number of H-pyrrole nitrogens is 1. The van der Waals surface area contributed by atoms with Crippen molar-refractivity contribution < 1.29 is 4.92 Å². The molecule has 0 aliphatic carbocycles. The number of hydrogen-bond acceptors (Lipinski definition) is 4. The van der Waals surface area contributed by atoms with Crippen LogP contribution in [-0.4, -0.2) is 20.4 Å². The van der Waals surface area contributed by atoms with E-state index in [4.69, 9.17) is 23.2 Å². The minimum absolute atomic E-state index is 0.0609. The molecule has 0 aliphatic rings. The van der Waals surface area contributed by atoms with Gasteiger partial charge in [-0.15, -0.1) is 0 Å². The summed E-state index contributed by atoms with van der Waals surface area (Å²) >= 11 is 12.1. The Balaban J connectivity index is 1.88. The first-order valence-electron chi connectivity index (χ1n) is 9.51. The number of aromatic amines is 1. The van der Waals surface area contributed by atoms with Gasteiger partial charge in [-0.25, -0.2) is 4.68 Å². The van der Waals surface area contributed by atoms with Crippen LogP contribution in [0.3, 0.4) is 0 Å². The van der Waals surface area contributed by atoms with Gasteiger partial charge < -0.3 is 0 Å². The minimum Gasteiger partial charge on any atom is -0.290 e. The normalized spacial score (nSPS) is 11.5. The molecule has 0 saturated carbocycles. The van der Waals surface area contributed by atoms with Gasteiger partial charge in [-0.1, -0.05) is 53.5 Å². The second-order valence-electron chi connectivity index (χ2n) is 6.94. The molecule has 0 radical (unpaired) electrons. The second-order valence-corrected chi connectivity index (χ2v) is 7.75. The molecule has 1 N–H and O–H groups in total. The largest absolute Gasteiger partial charge is 0.290 e. The lowest BCUT2D eigenvalue weighted by Crippen LogP contribution is -2.19. The van der Waals surface area contributed by atoms with Crippen molar-refractivity contribution in [2.75, 3.05) is 0 Å². The molecule has 4 aromatic rings. The summed E-state index contributed by atoms with van der Waals surface area (Å²) in [4.78, 5) is 28.5. The summed E-state index contributed by atoms with van der Waals surface area (Å²) in [6.07, 6.45) is 0. The number of hydrogen-bond donors (Lipinski definition) is 1. The van der Waals surface area contributed by atoms with Crippen LogP contribution >= 0.6 is 23.2 Å². The number of aromatic nitrogens is 2. The summed E-state index contributed by atoms with van der Waals surface area (Å²) in [5, 5.41) is 14.9. The van der Waals surface area contributed by atoms with Crippen molar-refractivity contribution in [2.24, 2.45) is 4.99 Å². The Morgan fingerprint density at radius 1 is 1.00 bits per heavy atom. The summed E-state index contributed by atoms with van der Waals surface area (Å²) in [7, 11) is 0. The van der Waals surface area contributed by atoms with Crippen molar-refractivity contribution in [3.05, 3.63) is 109 Å². The average molecular weight is 467 g/mol. The predicted octanol–water partition coefficient (Wildman–Crippen LogP) is 6.19. The van der Waals surface area contributed by atoms with E-state index in [0.29, 0.717) is 38.4 Å². The third-order valence-corrected chi connectivity index (χ3v) is 5.57. The summed E-state index contributed by atoms with van der Waals surface area (Å²) in [5.74, 6) is 0. The Labute approximate surface area is 192 Å². The highest BCUT2D eigenvalue weighted by atomic mass is 35.5. The van der Waals surface area contributed by atoms with Gasteiger partial charge in [0.2, 0.25) is 0 Å². The summed E-state index contributed by atoms with van der Waals surface area (Å²) in [6, 6.07) is 20.1. The fourth-order valence-electron chi connectivity index (χ4n) is 3.30. The van der Waals surface area contributed by atoms with Crippen LogP contribution in [0.5, 0.6) is 0 Å². The molecule has 0 bridgehead atoms. The molecule has 0 amide bonds. The number of benzene rings is 3. The van der Waals surface area contributed by atoms with Crippen molar-refractivity contribution >= 4 is 40.3 Å². The molecule has 4 rings (SSSR count). The van der Waals surface area contributed by atoms with Crippen LogP contribution in [0.25, 0.3) is 16.9 Å². The SMILES string of the molecule is CC(=Nc1ccc(Cl)c(Cl)c1)c1c(-c2ccccc2)[nH]n(-c2ccc([N+](=O)[O-])cc2)c1=O. The number of nitrogens with one attached hydrogen (secondary N) is 1. The lowest BCUT2D eigenvalue weighted by atomic mass is 10.1. The number of nitro groups is 1. The van der Waals surface area contributed by atoms with E-state index < -0.39 is 4.92 Å². The molecule has 0 atom stereocenters. The Bertz CT molecular complexity index is 1390. The average Bonchev–Trinajstić information content (AvgIpc) is 3.14. The highest BCUT2D eigenvalue weighted by Gasteiger charge is 2.20. The minimum atomic E-state index is -0.490. The molecule has 0 unspecified atom stereocenters. The van der Waals surface area contributed by atoms with Crippen LogP contribution in [-0.2, 0) is 0 Å². The van der Waals surface area contributed by atoms with E-state index in [2.05, 4.69) is 10.1 Å². The molecule has 0 aliphatic heterocycles.